The van der Waals surface area contributed by atoms with Crippen LogP contribution in [0.5, 0.6) is 0 Å². The average molecular weight is 388 g/mol. The van der Waals surface area contributed by atoms with Crippen molar-refractivity contribution >= 4 is 16.7 Å². The van der Waals surface area contributed by atoms with Gasteiger partial charge in [-0.25, -0.2) is 0 Å². The van der Waals surface area contributed by atoms with Crippen molar-refractivity contribution in [1.82, 2.24) is 29.9 Å². The molecule has 5 rings (SSSR count). The van der Waals surface area contributed by atoms with E-state index in [0.717, 1.165) is 30.0 Å². The van der Waals surface area contributed by atoms with Gasteiger partial charge in [0.05, 0.1) is 11.8 Å². The maximum Gasteiger partial charge on any atom is 0.267 e. The second kappa shape index (κ2) is 7.12. The van der Waals surface area contributed by atoms with Crippen LogP contribution in [0.2, 0.25) is 0 Å². The quantitative estimate of drug-likeness (QED) is 0.534. The number of carbonyl (C=O) groups is 1. The monoisotopic (exact) mass is 388 g/mol. The summed E-state index contributed by atoms with van der Waals surface area (Å²) in [5, 5.41) is 14.7. The lowest BCUT2D eigenvalue weighted by Gasteiger charge is -2.33. The number of fused-ring (bicyclic) bond motifs is 1. The Bertz CT molecular complexity index is 1180. The zero-order valence-electron chi connectivity index (χ0n) is 16.0. The van der Waals surface area contributed by atoms with Crippen molar-refractivity contribution in [2.24, 2.45) is 7.05 Å². The van der Waals surface area contributed by atoms with Crippen molar-refractivity contribution in [2.75, 3.05) is 6.54 Å². The van der Waals surface area contributed by atoms with Crippen molar-refractivity contribution in [3.8, 4) is 11.6 Å². The highest BCUT2D eigenvalue weighted by Crippen LogP contribution is 2.33. The third-order valence-electron chi connectivity index (χ3n) is 5.32. The Morgan fingerprint density at radius 2 is 2.07 bits per heavy atom. The van der Waals surface area contributed by atoms with Crippen LogP contribution in [0.15, 0.2) is 53.3 Å². The third-order valence-corrected chi connectivity index (χ3v) is 5.32. The summed E-state index contributed by atoms with van der Waals surface area (Å²) in [5.74, 6) is 0.758. The molecule has 1 aliphatic rings. The lowest BCUT2D eigenvalue weighted by Crippen LogP contribution is -2.38. The Labute approximate surface area is 167 Å². The summed E-state index contributed by atoms with van der Waals surface area (Å²) in [6, 6.07) is 9.65. The molecule has 29 heavy (non-hydrogen) atoms. The SMILES string of the molecule is Cn1cc(C(=O)N2CCCCC2c2nnc(-c3nccc4ccccc34)o2)cn1. The second-order valence-electron chi connectivity index (χ2n) is 7.24. The van der Waals surface area contributed by atoms with Gasteiger partial charge in [0.15, 0.2) is 0 Å². The molecule has 1 atom stereocenters. The number of nitrogens with zero attached hydrogens (tertiary/aromatic N) is 6. The van der Waals surface area contributed by atoms with E-state index in [-0.39, 0.29) is 11.9 Å². The summed E-state index contributed by atoms with van der Waals surface area (Å²) in [4.78, 5) is 19.3. The van der Waals surface area contributed by atoms with Gasteiger partial charge in [0.25, 0.3) is 11.8 Å². The van der Waals surface area contributed by atoms with Gasteiger partial charge in [-0.15, -0.1) is 10.2 Å². The van der Waals surface area contributed by atoms with Crippen LogP contribution in [-0.2, 0) is 7.05 Å². The Balaban J connectivity index is 1.49. The maximum atomic E-state index is 13.0. The van der Waals surface area contributed by atoms with Crippen LogP contribution in [0.4, 0.5) is 0 Å². The summed E-state index contributed by atoms with van der Waals surface area (Å²) < 4.78 is 7.67. The molecule has 1 saturated heterocycles. The fourth-order valence-electron chi connectivity index (χ4n) is 3.88. The highest BCUT2D eigenvalue weighted by molar-refractivity contribution is 5.94. The van der Waals surface area contributed by atoms with Crippen molar-refractivity contribution in [1.29, 1.82) is 0 Å². The van der Waals surface area contributed by atoms with Crippen LogP contribution < -0.4 is 0 Å². The lowest BCUT2D eigenvalue weighted by molar-refractivity contribution is 0.0572. The Morgan fingerprint density at radius 3 is 2.93 bits per heavy atom. The largest absolute Gasteiger partial charge is 0.417 e. The number of benzene rings is 1. The Hall–Kier alpha value is -3.55. The van der Waals surface area contributed by atoms with Gasteiger partial charge in [0.2, 0.25) is 5.89 Å². The molecule has 146 valence electrons. The number of hydrogen-bond acceptors (Lipinski definition) is 6. The standard InChI is InChI=1S/C21H20N6O2/c1-26-13-15(12-23-26)21(28)27-11-5-4-8-17(27)19-24-25-20(29-19)18-16-7-3-2-6-14(16)9-10-22-18/h2-3,6-7,9-10,12-13,17H,4-5,8,11H2,1H3. The summed E-state index contributed by atoms with van der Waals surface area (Å²) in [5.41, 5.74) is 1.22. The molecule has 1 aliphatic heterocycles. The fourth-order valence-corrected chi connectivity index (χ4v) is 3.88. The zero-order valence-corrected chi connectivity index (χ0v) is 16.0. The van der Waals surface area contributed by atoms with E-state index < -0.39 is 0 Å². The van der Waals surface area contributed by atoms with Crippen LogP contribution in [0.3, 0.4) is 0 Å². The number of amides is 1. The minimum absolute atomic E-state index is 0.0640. The molecule has 0 saturated carbocycles. The van der Waals surface area contributed by atoms with Gasteiger partial charge in [-0.05, 0) is 30.7 Å². The van der Waals surface area contributed by atoms with Crippen LogP contribution in [0.25, 0.3) is 22.4 Å². The van der Waals surface area contributed by atoms with E-state index in [1.165, 1.54) is 0 Å². The smallest absolute Gasteiger partial charge is 0.267 e. The molecular formula is C21H20N6O2. The van der Waals surface area contributed by atoms with E-state index in [1.807, 2.05) is 35.2 Å². The van der Waals surface area contributed by atoms with Gasteiger partial charge in [-0.2, -0.15) is 5.10 Å². The molecule has 8 nitrogen and oxygen atoms in total. The highest BCUT2D eigenvalue weighted by Gasteiger charge is 2.33. The van der Waals surface area contributed by atoms with Gasteiger partial charge in [-0.3, -0.25) is 14.5 Å². The number of piperidine rings is 1. The summed E-state index contributed by atoms with van der Waals surface area (Å²) >= 11 is 0. The molecule has 1 aromatic carbocycles. The minimum Gasteiger partial charge on any atom is -0.417 e. The molecule has 3 aromatic heterocycles. The van der Waals surface area contributed by atoms with E-state index in [0.29, 0.717) is 29.6 Å². The van der Waals surface area contributed by atoms with Crippen LogP contribution in [-0.4, -0.2) is 42.3 Å². The molecule has 1 unspecified atom stereocenters. The number of likely N-dealkylation sites (tertiary alicyclic amines) is 1. The first-order chi connectivity index (χ1) is 14.2. The fraction of sp³-hybridized carbons (Fsp3) is 0.286. The Kier molecular flexibility index (Phi) is 4.31. The molecule has 4 aromatic rings. The number of aryl methyl sites for hydroxylation is 1. The van der Waals surface area contributed by atoms with Gasteiger partial charge >= 0.3 is 0 Å². The molecule has 8 heteroatoms. The predicted octanol–water partition coefficient (Wildman–Crippen LogP) is 3.39. The van der Waals surface area contributed by atoms with Crippen LogP contribution in [0, 0.1) is 0 Å². The normalized spacial score (nSPS) is 17.0. The van der Waals surface area contributed by atoms with Crippen molar-refractivity contribution in [2.45, 2.75) is 25.3 Å². The molecule has 0 aliphatic carbocycles. The third kappa shape index (κ3) is 3.16. The molecule has 0 radical (unpaired) electrons. The predicted molar refractivity (Wildman–Crippen MR) is 106 cm³/mol. The van der Waals surface area contributed by atoms with E-state index in [9.17, 15) is 4.79 Å². The highest BCUT2D eigenvalue weighted by atomic mass is 16.4. The molecule has 0 spiro atoms. The first-order valence-corrected chi connectivity index (χ1v) is 9.68. The van der Waals surface area contributed by atoms with Crippen molar-refractivity contribution in [3.63, 3.8) is 0 Å². The summed E-state index contributed by atoms with van der Waals surface area (Å²) in [6.07, 6.45) is 7.80. The topological polar surface area (TPSA) is 89.9 Å². The number of rotatable bonds is 3. The molecule has 1 fully saturated rings. The summed E-state index contributed by atoms with van der Waals surface area (Å²) in [6.45, 7) is 0.655. The van der Waals surface area contributed by atoms with E-state index in [4.69, 9.17) is 4.42 Å². The van der Waals surface area contributed by atoms with E-state index >= 15 is 0 Å². The molecule has 0 bridgehead atoms. The number of pyridine rings is 1. The number of hydrogen-bond donors (Lipinski definition) is 0. The van der Waals surface area contributed by atoms with Gasteiger partial charge in [0.1, 0.15) is 11.7 Å². The first kappa shape index (κ1) is 17.5. The zero-order chi connectivity index (χ0) is 19.8. The first-order valence-electron chi connectivity index (χ1n) is 9.68. The van der Waals surface area contributed by atoms with E-state index in [2.05, 4.69) is 20.3 Å². The second-order valence-corrected chi connectivity index (χ2v) is 7.24. The van der Waals surface area contributed by atoms with Gasteiger partial charge < -0.3 is 9.32 Å². The lowest BCUT2D eigenvalue weighted by atomic mass is 10.0. The number of aromatic nitrogens is 5. The van der Waals surface area contributed by atoms with E-state index in [1.54, 1.807) is 30.3 Å². The molecule has 1 amide bonds. The number of carbonyl (C=O) groups excluding carboxylic acids is 1. The van der Waals surface area contributed by atoms with Crippen molar-refractivity contribution < 1.29 is 9.21 Å². The maximum absolute atomic E-state index is 13.0. The minimum atomic E-state index is -0.243. The molecule has 0 N–H and O–H groups in total. The van der Waals surface area contributed by atoms with Gasteiger partial charge in [0, 0.05) is 31.4 Å². The molecule has 4 heterocycles. The van der Waals surface area contributed by atoms with Crippen LogP contribution >= 0.6 is 0 Å². The van der Waals surface area contributed by atoms with Crippen LogP contribution in [0.1, 0.15) is 41.6 Å². The summed E-state index contributed by atoms with van der Waals surface area (Å²) in [7, 11) is 1.80. The Morgan fingerprint density at radius 1 is 1.17 bits per heavy atom. The molecular weight excluding hydrogens is 368 g/mol. The van der Waals surface area contributed by atoms with Crippen molar-refractivity contribution in [3.05, 3.63) is 60.4 Å². The average Bonchev–Trinajstić information content (AvgIpc) is 3.42. The van der Waals surface area contributed by atoms with Gasteiger partial charge in [-0.1, -0.05) is 24.3 Å².